The molecule has 2 aromatic rings. The lowest BCUT2D eigenvalue weighted by Gasteiger charge is -2.06. The normalized spacial score (nSPS) is 11.0. The van der Waals surface area contributed by atoms with Gasteiger partial charge in [0.15, 0.2) is 0 Å². The molecule has 0 atom stereocenters. The first kappa shape index (κ1) is 24.6. The summed E-state index contributed by atoms with van der Waals surface area (Å²) in [5.74, 6) is 0.529. The van der Waals surface area contributed by atoms with Gasteiger partial charge >= 0.3 is 5.97 Å². The van der Waals surface area contributed by atoms with Crippen molar-refractivity contribution in [3.05, 3.63) is 49.1 Å². The Balaban J connectivity index is 1.43. The van der Waals surface area contributed by atoms with Crippen molar-refractivity contribution in [1.82, 2.24) is 0 Å². The van der Waals surface area contributed by atoms with Gasteiger partial charge in [-0.2, -0.15) is 0 Å². The molecule has 2 rings (SSSR count). The van der Waals surface area contributed by atoms with Crippen LogP contribution in [0.3, 0.4) is 0 Å². The van der Waals surface area contributed by atoms with Gasteiger partial charge in [0, 0.05) is 6.08 Å². The lowest BCUT2D eigenvalue weighted by Crippen LogP contribution is -2.01. The third-order valence-electron chi connectivity index (χ3n) is 4.68. The molecule has 2 N–H and O–H groups in total. The van der Waals surface area contributed by atoms with E-state index in [0.29, 0.717) is 6.61 Å². The van der Waals surface area contributed by atoms with Gasteiger partial charge in [-0.1, -0.05) is 62.9 Å². The Labute approximate surface area is 189 Å². The van der Waals surface area contributed by atoms with Crippen LogP contribution in [0.15, 0.2) is 59.3 Å². The number of anilines is 1. The van der Waals surface area contributed by atoms with Crippen molar-refractivity contribution >= 4 is 33.0 Å². The molecule has 0 aliphatic heterocycles. The van der Waals surface area contributed by atoms with E-state index in [2.05, 4.69) is 16.8 Å². The average Bonchev–Trinajstić information content (AvgIpc) is 3.21. The molecule has 0 amide bonds. The molecular weight excluding hydrogens is 410 g/mol. The zero-order chi connectivity index (χ0) is 22.2. The van der Waals surface area contributed by atoms with Crippen molar-refractivity contribution in [2.24, 2.45) is 10.2 Å². The number of thiophene rings is 1. The molecule has 0 unspecified atom stereocenters. The molecule has 6 nitrogen and oxygen atoms in total. The van der Waals surface area contributed by atoms with Gasteiger partial charge in [-0.05, 0) is 49.2 Å². The molecule has 0 spiro atoms. The van der Waals surface area contributed by atoms with Crippen LogP contribution in [0, 0.1) is 0 Å². The molecule has 1 aromatic heterocycles. The topological polar surface area (TPSA) is 86.3 Å². The molecule has 0 radical (unpaired) electrons. The summed E-state index contributed by atoms with van der Waals surface area (Å²) in [5.41, 5.74) is 6.47. The smallest absolute Gasteiger partial charge is 0.330 e. The minimum atomic E-state index is -0.330. The third-order valence-corrected chi connectivity index (χ3v) is 5.48. The summed E-state index contributed by atoms with van der Waals surface area (Å²) in [5, 5.41) is 9.91. The predicted octanol–water partition coefficient (Wildman–Crippen LogP) is 7.36. The highest BCUT2D eigenvalue weighted by molar-refractivity contribution is 7.19. The molecule has 1 aromatic carbocycles. The number of hydrogen-bond donors (Lipinski definition) is 1. The van der Waals surface area contributed by atoms with Gasteiger partial charge in [0.05, 0.1) is 23.9 Å². The molecule has 168 valence electrons. The number of unbranched alkanes of at least 4 members (excludes halogenated alkanes) is 8. The number of nitrogen functional groups attached to an aromatic ring is 1. The van der Waals surface area contributed by atoms with E-state index in [9.17, 15) is 4.79 Å². The third kappa shape index (κ3) is 11.3. The van der Waals surface area contributed by atoms with Crippen LogP contribution in [0.4, 0.5) is 15.7 Å². The number of ether oxygens (including phenoxy) is 2. The molecule has 0 aliphatic carbocycles. The van der Waals surface area contributed by atoms with E-state index < -0.39 is 0 Å². The first-order valence-electron chi connectivity index (χ1n) is 11.0. The number of carbonyl (C=O) groups is 1. The molecule has 1 heterocycles. The summed E-state index contributed by atoms with van der Waals surface area (Å²) in [6, 6.07) is 11.3. The fraction of sp³-hybridized carbons (Fsp3) is 0.458. The van der Waals surface area contributed by atoms with Gasteiger partial charge < -0.3 is 15.2 Å². The fourth-order valence-corrected chi connectivity index (χ4v) is 3.57. The standard InChI is InChI=1S/C24H33N3O3S/c1-2-24(28)30-19-11-9-7-5-3-4-6-8-10-18-29-21-14-12-20(13-15-21)26-27-23-17-16-22(25)31-23/h2,12-17H,1,3-11,18-19,25H2. The van der Waals surface area contributed by atoms with E-state index in [1.807, 2.05) is 36.4 Å². The second-order valence-electron chi connectivity index (χ2n) is 7.27. The largest absolute Gasteiger partial charge is 0.494 e. The number of nitrogens with zero attached hydrogens (tertiary/aromatic N) is 2. The van der Waals surface area contributed by atoms with Crippen molar-refractivity contribution in [1.29, 1.82) is 0 Å². The molecule has 7 heteroatoms. The van der Waals surface area contributed by atoms with Crippen molar-refractivity contribution in [2.75, 3.05) is 18.9 Å². The second-order valence-corrected chi connectivity index (χ2v) is 8.37. The maximum atomic E-state index is 10.9. The van der Waals surface area contributed by atoms with E-state index >= 15 is 0 Å². The molecule has 0 bridgehead atoms. The Hall–Kier alpha value is -2.67. The molecule has 0 fully saturated rings. The fourth-order valence-electron chi connectivity index (χ4n) is 2.98. The molecule has 0 saturated carbocycles. The first-order chi connectivity index (χ1) is 15.2. The minimum Gasteiger partial charge on any atom is -0.494 e. The van der Waals surface area contributed by atoms with E-state index in [-0.39, 0.29) is 5.97 Å². The summed E-state index contributed by atoms with van der Waals surface area (Å²) < 4.78 is 10.8. The number of esters is 1. The Morgan fingerprint density at radius 2 is 1.48 bits per heavy atom. The maximum absolute atomic E-state index is 10.9. The quantitative estimate of drug-likeness (QED) is 0.127. The van der Waals surface area contributed by atoms with Crippen molar-refractivity contribution in [3.63, 3.8) is 0 Å². The Morgan fingerprint density at radius 3 is 2.06 bits per heavy atom. The highest BCUT2D eigenvalue weighted by atomic mass is 32.1. The van der Waals surface area contributed by atoms with Crippen LogP contribution >= 0.6 is 11.3 Å². The number of azo groups is 1. The van der Waals surface area contributed by atoms with Gasteiger partial charge in [0.25, 0.3) is 0 Å². The van der Waals surface area contributed by atoms with Crippen LogP contribution in [0.2, 0.25) is 0 Å². The van der Waals surface area contributed by atoms with Crippen molar-refractivity contribution in [3.8, 4) is 5.75 Å². The predicted molar refractivity (Wildman–Crippen MR) is 128 cm³/mol. The van der Waals surface area contributed by atoms with Crippen LogP contribution in [0.25, 0.3) is 0 Å². The minimum absolute atomic E-state index is 0.330. The van der Waals surface area contributed by atoms with E-state index in [1.165, 1.54) is 55.9 Å². The van der Waals surface area contributed by atoms with Crippen molar-refractivity contribution in [2.45, 2.75) is 57.8 Å². The highest BCUT2D eigenvalue weighted by Crippen LogP contribution is 2.28. The summed E-state index contributed by atoms with van der Waals surface area (Å²) in [4.78, 5) is 10.9. The molecule has 0 saturated heterocycles. The SMILES string of the molecule is C=CC(=O)OCCCCCCCCCCCOc1ccc(N=Nc2ccc(N)s2)cc1. The van der Waals surface area contributed by atoms with Gasteiger partial charge in [-0.15, -0.1) is 10.2 Å². The molecule has 31 heavy (non-hydrogen) atoms. The van der Waals surface area contributed by atoms with Crippen LogP contribution in [0.5, 0.6) is 5.75 Å². The summed E-state index contributed by atoms with van der Waals surface area (Å²) >= 11 is 1.41. The van der Waals surface area contributed by atoms with Crippen LogP contribution < -0.4 is 10.5 Å². The lowest BCUT2D eigenvalue weighted by molar-refractivity contribution is -0.137. The van der Waals surface area contributed by atoms with Crippen molar-refractivity contribution < 1.29 is 14.3 Å². The molecular formula is C24H33N3O3S. The maximum Gasteiger partial charge on any atom is 0.330 e. The Morgan fingerprint density at radius 1 is 0.871 bits per heavy atom. The number of nitrogens with two attached hydrogens (primary N) is 1. The molecule has 0 aliphatic rings. The monoisotopic (exact) mass is 443 g/mol. The summed E-state index contributed by atoms with van der Waals surface area (Å²) in [7, 11) is 0. The van der Waals surface area contributed by atoms with E-state index in [1.54, 1.807) is 0 Å². The number of rotatable bonds is 16. The number of benzene rings is 1. The zero-order valence-electron chi connectivity index (χ0n) is 18.1. The van der Waals surface area contributed by atoms with Crippen LogP contribution in [0.1, 0.15) is 57.8 Å². The van der Waals surface area contributed by atoms with Crippen LogP contribution in [-0.4, -0.2) is 19.2 Å². The second kappa shape index (κ2) is 15.2. The van der Waals surface area contributed by atoms with Gasteiger partial charge in [-0.25, -0.2) is 4.79 Å². The van der Waals surface area contributed by atoms with Crippen LogP contribution in [-0.2, 0) is 9.53 Å². The summed E-state index contributed by atoms with van der Waals surface area (Å²) in [6.07, 6.45) is 11.7. The highest BCUT2D eigenvalue weighted by Gasteiger charge is 1.98. The van der Waals surface area contributed by atoms with Gasteiger partial charge in [-0.3, -0.25) is 0 Å². The lowest BCUT2D eigenvalue weighted by atomic mass is 10.1. The van der Waals surface area contributed by atoms with E-state index in [4.69, 9.17) is 15.2 Å². The Kier molecular flexibility index (Phi) is 12.0. The van der Waals surface area contributed by atoms with E-state index in [0.717, 1.165) is 47.3 Å². The Bertz CT molecular complexity index is 803. The van der Waals surface area contributed by atoms with Gasteiger partial charge in [0.2, 0.25) is 0 Å². The summed E-state index contributed by atoms with van der Waals surface area (Å²) in [6.45, 7) is 4.62. The average molecular weight is 444 g/mol. The zero-order valence-corrected chi connectivity index (χ0v) is 18.9. The number of carbonyl (C=O) groups excluding carboxylic acids is 1. The first-order valence-corrected chi connectivity index (χ1v) is 11.8. The van der Waals surface area contributed by atoms with Gasteiger partial charge in [0.1, 0.15) is 10.8 Å². The number of hydrogen-bond acceptors (Lipinski definition) is 7.